The molecule has 1 heterocycles. The zero-order valence-electron chi connectivity index (χ0n) is 8.62. The molecule has 0 aliphatic carbocycles. The summed E-state index contributed by atoms with van der Waals surface area (Å²) in [6, 6.07) is -0.735. The molecule has 9 heteroatoms. The first kappa shape index (κ1) is 12.9. The van der Waals surface area contributed by atoms with Gasteiger partial charge in [-0.05, 0) is 0 Å². The number of hydrogen-bond acceptors (Lipinski definition) is 5. The van der Waals surface area contributed by atoms with E-state index in [9.17, 15) is 14.4 Å². The molecule has 1 rings (SSSR count). The molecule has 0 fully saturated rings. The lowest BCUT2D eigenvalue weighted by atomic mass is 10.5. The van der Waals surface area contributed by atoms with Gasteiger partial charge in [-0.2, -0.15) is 0 Å². The van der Waals surface area contributed by atoms with Crippen molar-refractivity contribution in [1.29, 1.82) is 0 Å². The van der Waals surface area contributed by atoms with E-state index >= 15 is 0 Å². The number of carbonyl (C=O) groups excluding carboxylic acids is 2. The van der Waals surface area contributed by atoms with Crippen LogP contribution in [0.3, 0.4) is 0 Å². The summed E-state index contributed by atoms with van der Waals surface area (Å²) < 4.78 is 0. The highest BCUT2D eigenvalue weighted by Crippen LogP contribution is 2.10. The molecule has 1 aromatic rings. The number of carbonyl (C=O) groups is 3. The zero-order chi connectivity index (χ0) is 12.8. The summed E-state index contributed by atoms with van der Waals surface area (Å²) in [5, 5.41) is 12.9. The lowest BCUT2D eigenvalue weighted by molar-refractivity contribution is -0.137. The molecule has 92 valence electrons. The maximum atomic E-state index is 11.6. The van der Waals surface area contributed by atoms with Gasteiger partial charge < -0.3 is 15.7 Å². The standard InChI is InChI=1S/C8H10N4O4S/c9-5(13)3-12(4-6(14)15)8(16)11-7-10-1-2-17-7/h1-2H,3-4H2,(H2,9,13)(H,14,15)(H,10,11,16). The van der Waals surface area contributed by atoms with Crippen molar-refractivity contribution in [2.45, 2.75) is 0 Å². The van der Waals surface area contributed by atoms with Crippen LogP contribution < -0.4 is 11.1 Å². The normalized spacial score (nSPS) is 9.65. The molecule has 0 saturated heterocycles. The van der Waals surface area contributed by atoms with E-state index in [4.69, 9.17) is 10.8 Å². The summed E-state index contributed by atoms with van der Waals surface area (Å²) in [7, 11) is 0. The third-order valence-electron chi connectivity index (χ3n) is 1.61. The smallest absolute Gasteiger partial charge is 0.324 e. The van der Waals surface area contributed by atoms with Crippen molar-refractivity contribution < 1.29 is 19.5 Å². The molecule has 0 radical (unpaired) electrons. The molecule has 0 aliphatic rings. The molecule has 0 bridgehead atoms. The van der Waals surface area contributed by atoms with E-state index in [-0.39, 0.29) is 0 Å². The second-order valence-corrected chi connectivity index (χ2v) is 3.88. The monoisotopic (exact) mass is 258 g/mol. The molecule has 3 amide bonds. The molecular formula is C8H10N4O4S. The Morgan fingerprint density at radius 1 is 1.47 bits per heavy atom. The summed E-state index contributed by atoms with van der Waals surface area (Å²) >= 11 is 1.17. The van der Waals surface area contributed by atoms with Crippen LogP contribution in [-0.2, 0) is 9.59 Å². The van der Waals surface area contributed by atoms with Gasteiger partial charge in [-0.3, -0.25) is 14.9 Å². The number of hydrogen-bond donors (Lipinski definition) is 3. The Morgan fingerprint density at radius 2 is 2.18 bits per heavy atom. The number of aromatic nitrogens is 1. The van der Waals surface area contributed by atoms with E-state index in [0.29, 0.717) is 5.13 Å². The summed E-state index contributed by atoms with van der Waals surface area (Å²) in [5.74, 6) is -2.03. The van der Waals surface area contributed by atoms with E-state index in [1.165, 1.54) is 17.5 Å². The summed E-state index contributed by atoms with van der Waals surface area (Å²) in [6.45, 7) is -1.08. The van der Waals surface area contributed by atoms with Crippen molar-refractivity contribution in [3.63, 3.8) is 0 Å². The summed E-state index contributed by atoms with van der Waals surface area (Å²) in [5.41, 5.74) is 4.91. The number of aliphatic carboxylic acids is 1. The fourth-order valence-corrected chi connectivity index (χ4v) is 1.53. The van der Waals surface area contributed by atoms with Gasteiger partial charge in [0.1, 0.15) is 13.1 Å². The van der Waals surface area contributed by atoms with E-state index in [2.05, 4.69) is 10.3 Å². The Kier molecular flexibility index (Phi) is 4.40. The van der Waals surface area contributed by atoms with Gasteiger partial charge in [0.2, 0.25) is 5.91 Å². The molecule has 0 aliphatic heterocycles. The lowest BCUT2D eigenvalue weighted by Crippen LogP contribution is -2.43. The molecule has 8 nitrogen and oxygen atoms in total. The predicted octanol–water partition coefficient (Wildman–Crippen LogP) is -0.453. The molecule has 0 unspecified atom stereocenters. The first-order valence-electron chi connectivity index (χ1n) is 4.44. The Labute approximate surface area is 100 Å². The van der Waals surface area contributed by atoms with Gasteiger partial charge in [0.25, 0.3) is 0 Å². The predicted molar refractivity (Wildman–Crippen MR) is 59.5 cm³/mol. The van der Waals surface area contributed by atoms with Gasteiger partial charge in [0.05, 0.1) is 0 Å². The van der Waals surface area contributed by atoms with Gasteiger partial charge in [-0.1, -0.05) is 0 Å². The Balaban J connectivity index is 2.65. The van der Waals surface area contributed by atoms with E-state index < -0.39 is 31.0 Å². The largest absolute Gasteiger partial charge is 0.480 e. The Morgan fingerprint density at radius 3 is 2.65 bits per heavy atom. The molecule has 4 N–H and O–H groups in total. The summed E-state index contributed by atoms with van der Waals surface area (Å²) in [4.78, 5) is 37.4. The third kappa shape index (κ3) is 4.47. The number of carboxylic acid groups (broad SMARTS) is 1. The number of urea groups is 1. The number of thiazole rings is 1. The van der Waals surface area contributed by atoms with Crippen LogP contribution in [-0.4, -0.2) is 46.0 Å². The van der Waals surface area contributed by atoms with Crippen molar-refractivity contribution in [3.05, 3.63) is 11.6 Å². The number of rotatable bonds is 5. The fraction of sp³-hybridized carbons (Fsp3) is 0.250. The molecule has 0 saturated carbocycles. The van der Waals surface area contributed by atoms with Gasteiger partial charge in [0, 0.05) is 11.6 Å². The fourth-order valence-electron chi connectivity index (χ4n) is 1.01. The minimum absolute atomic E-state index is 0.315. The quantitative estimate of drug-likeness (QED) is 0.659. The average molecular weight is 258 g/mol. The molecule has 0 spiro atoms. The zero-order valence-corrected chi connectivity index (χ0v) is 9.44. The number of anilines is 1. The minimum Gasteiger partial charge on any atom is -0.480 e. The van der Waals surface area contributed by atoms with Gasteiger partial charge in [0.15, 0.2) is 5.13 Å². The van der Waals surface area contributed by atoms with Crippen molar-refractivity contribution in [1.82, 2.24) is 9.88 Å². The average Bonchev–Trinajstić information content (AvgIpc) is 2.67. The SMILES string of the molecule is NC(=O)CN(CC(=O)O)C(=O)Nc1nccs1. The van der Waals surface area contributed by atoms with Gasteiger partial charge in [-0.25, -0.2) is 9.78 Å². The number of carboxylic acids is 1. The van der Waals surface area contributed by atoms with Crippen molar-refractivity contribution in [2.75, 3.05) is 18.4 Å². The second kappa shape index (κ2) is 5.80. The van der Waals surface area contributed by atoms with Crippen LogP contribution in [0.15, 0.2) is 11.6 Å². The van der Waals surface area contributed by atoms with Crippen molar-refractivity contribution in [2.24, 2.45) is 5.73 Å². The van der Waals surface area contributed by atoms with E-state index in [1.54, 1.807) is 5.38 Å². The van der Waals surface area contributed by atoms with Gasteiger partial charge in [-0.15, -0.1) is 11.3 Å². The van der Waals surface area contributed by atoms with Crippen LogP contribution in [0, 0.1) is 0 Å². The van der Waals surface area contributed by atoms with E-state index in [0.717, 1.165) is 4.90 Å². The maximum absolute atomic E-state index is 11.6. The highest BCUT2D eigenvalue weighted by molar-refractivity contribution is 7.13. The Hall–Kier alpha value is -2.16. The number of nitrogens with two attached hydrogens (primary N) is 1. The highest BCUT2D eigenvalue weighted by Gasteiger charge is 2.19. The van der Waals surface area contributed by atoms with Crippen LogP contribution in [0.5, 0.6) is 0 Å². The third-order valence-corrected chi connectivity index (χ3v) is 2.29. The van der Waals surface area contributed by atoms with Crippen LogP contribution >= 0.6 is 11.3 Å². The van der Waals surface area contributed by atoms with Crippen LogP contribution in [0.4, 0.5) is 9.93 Å². The first-order chi connectivity index (χ1) is 7.99. The Bertz CT molecular complexity index is 403. The molecular weight excluding hydrogens is 248 g/mol. The molecule has 0 aromatic carbocycles. The highest BCUT2D eigenvalue weighted by atomic mass is 32.1. The second-order valence-electron chi connectivity index (χ2n) is 2.98. The minimum atomic E-state index is -1.24. The maximum Gasteiger partial charge on any atom is 0.324 e. The molecule has 1 aromatic heterocycles. The van der Waals surface area contributed by atoms with Crippen molar-refractivity contribution in [3.8, 4) is 0 Å². The van der Waals surface area contributed by atoms with Crippen LogP contribution in [0.1, 0.15) is 0 Å². The topological polar surface area (TPSA) is 126 Å². The number of nitrogens with one attached hydrogen (secondary N) is 1. The van der Waals surface area contributed by atoms with Gasteiger partial charge >= 0.3 is 12.0 Å². The first-order valence-corrected chi connectivity index (χ1v) is 5.32. The van der Waals surface area contributed by atoms with Crippen LogP contribution in [0.25, 0.3) is 0 Å². The number of amides is 3. The van der Waals surface area contributed by atoms with Crippen LogP contribution in [0.2, 0.25) is 0 Å². The lowest BCUT2D eigenvalue weighted by Gasteiger charge is -2.18. The van der Waals surface area contributed by atoms with Crippen molar-refractivity contribution >= 4 is 34.4 Å². The molecule has 17 heavy (non-hydrogen) atoms. The number of primary amides is 1. The van der Waals surface area contributed by atoms with E-state index in [1.807, 2.05) is 0 Å². The molecule has 0 atom stereocenters. The number of nitrogens with zero attached hydrogens (tertiary/aromatic N) is 2. The summed E-state index contributed by atoms with van der Waals surface area (Å²) in [6.07, 6.45) is 1.48.